The lowest BCUT2D eigenvalue weighted by atomic mass is 9.64. The summed E-state index contributed by atoms with van der Waals surface area (Å²) in [6, 6.07) is 10.0. The molecule has 2 amide bonds. The number of benzene rings is 1. The fourth-order valence-electron chi connectivity index (χ4n) is 5.94. The van der Waals surface area contributed by atoms with Crippen LogP contribution in [0, 0.1) is 17.8 Å². The summed E-state index contributed by atoms with van der Waals surface area (Å²) < 4.78 is 8.31. The summed E-state index contributed by atoms with van der Waals surface area (Å²) in [6.45, 7) is 3.38. The number of aromatic nitrogens is 2. The molecular formula is C27H34N4O3S. The van der Waals surface area contributed by atoms with Crippen LogP contribution in [-0.4, -0.2) is 41.1 Å². The van der Waals surface area contributed by atoms with E-state index in [0.29, 0.717) is 24.1 Å². The third-order valence-corrected chi connectivity index (χ3v) is 8.44. The molecule has 0 spiro atoms. The number of carbonyl (C=O) groups excluding carboxylic acids is 2. The molecule has 2 saturated carbocycles. The smallest absolute Gasteiger partial charge is 0.268 e. The summed E-state index contributed by atoms with van der Waals surface area (Å²) in [7, 11) is 1.66. The highest BCUT2D eigenvalue weighted by molar-refractivity contribution is 7.16. The van der Waals surface area contributed by atoms with E-state index in [9.17, 15) is 9.59 Å². The predicted octanol–water partition coefficient (Wildman–Crippen LogP) is 4.61. The number of nitrogens with zero attached hydrogens (tertiary/aromatic N) is 2. The van der Waals surface area contributed by atoms with E-state index < -0.39 is 0 Å². The molecule has 2 atom stereocenters. The SMILES string of the molecule is CCCNC(=O)C1CC2CCCC(C1)C2NC(=O)c1cc2scnc2n1Cc1ccc(OC)cc1. The second kappa shape index (κ2) is 10.4. The Bertz CT molecular complexity index is 1170. The van der Waals surface area contributed by atoms with Crippen LogP contribution in [0.5, 0.6) is 5.75 Å². The molecule has 2 heterocycles. The molecule has 2 aliphatic rings. The maximum absolute atomic E-state index is 13.6. The van der Waals surface area contributed by atoms with Crippen LogP contribution in [0.2, 0.25) is 0 Å². The van der Waals surface area contributed by atoms with Crippen molar-refractivity contribution in [2.75, 3.05) is 13.7 Å². The minimum atomic E-state index is -0.0421. The van der Waals surface area contributed by atoms with Crippen molar-refractivity contribution in [2.45, 2.75) is 58.0 Å². The van der Waals surface area contributed by atoms with Gasteiger partial charge < -0.3 is 19.9 Å². The lowest BCUT2D eigenvalue weighted by Crippen LogP contribution is -2.53. The Kier molecular flexibility index (Phi) is 7.09. The highest BCUT2D eigenvalue weighted by Crippen LogP contribution is 2.43. The second-order valence-corrected chi connectivity index (χ2v) is 10.8. The summed E-state index contributed by atoms with van der Waals surface area (Å²) in [5.74, 6) is 1.73. The van der Waals surface area contributed by atoms with Crippen LogP contribution >= 0.6 is 11.3 Å². The first-order valence-electron chi connectivity index (χ1n) is 12.7. The Hall–Kier alpha value is -2.87. The van der Waals surface area contributed by atoms with Gasteiger partial charge in [0.15, 0.2) is 5.65 Å². The first-order valence-corrected chi connectivity index (χ1v) is 13.6. The van der Waals surface area contributed by atoms with E-state index >= 15 is 0 Å². The van der Waals surface area contributed by atoms with Gasteiger partial charge in [0, 0.05) is 25.0 Å². The molecule has 2 aromatic heterocycles. The maximum Gasteiger partial charge on any atom is 0.268 e. The molecule has 2 fully saturated rings. The van der Waals surface area contributed by atoms with E-state index in [4.69, 9.17) is 4.74 Å². The van der Waals surface area contributed by atoms with Crippen molar-refractivity contribution in [3.05, 3.63) is 47.1 Å². The number of methoxy groups -OCH3 is 1. The van der Waals surface area contributed by atoms with Crippen molar-refractivity contribution >= 4 is 33.5 Å². The molecule has 186 valence electrons. The summed E-state index contributed by atoms with van der Waals surface area (Å²) >= 11 is 1.55. The van der Waals surface area contributed by atoms with Gasteiger partial charge in [-0.1, -0.05) is 25.5 Å². The van der Waals surface area contributed by atoms with E-state index in [1.54, 1.807) is 18.4 Å². The van der Waals surface area contributed by atoms with Crippen molar-refractivity contribution in [3.63, 3.8) is 0 Å². The molecule has 8 heteroatoms. The molecule has 0 radical (unpaired) electrons. The first-order chi connectivity index (χ1) is 17.1. The third kappa shape index (κ3) is 4.94. The number of amides is 2. The first kappa shape index (κ1) is 23.9. The maximum atomic E-state index is 13.6. The van der Waals surface area contributed by atoms with Gasteiger partial charge in [0.25, 0.3) is 5.91 Å². The zero-order chi connectivity index (χ0) is 24.4. The minimum absolute atomic E-state index is 0.0421. The fraction of sp³-hybridized carbons (Fsp3) is 0.519. The van der Waals surface area contributed by atoms with Crippen molar-refractivity contribution < 1.29 is 14.3 Å². The predicted molar refractivity (Wildman–Crippen MR) is 138 cm³/mol. The number of rotatable bonds is 8. The number of nitrogens with one attached hydrogen (secondary N) is 2. The van der Waals surface area contributed by atoms with Gasteiger partial charge in [0.05, 0.1) is 17.3 Å². The van der Waals surface area contributed by atoms with E-state index in [1.807, 2.05) is 40.4 Å². The number of thiazole rings is 1. The van der Waals surface area contributed by atoms with Crippen molar-refractivity contribution in [1.82, 2.24) is 20.2 Å². The Balaban J connectivity index is 1.34. The molecule has 0 aliphatic heterocycles. The zero-order valence-corrected chi connectivity index (χ0v) is 21.3. The monoisotopic (exact) mass is 494 g/mol. The van der Waals surface area contributed by atoms with E-state index in [-0.39, 0.29) is 23.8 Å². The van der Waals surface area contributed by atoms with Crippen molar-refractivity contribution in [3.8, 4) is 5.75 Å². The molecule has 2 N–H and O–H groups in total. The summed E-state index contributed by atoms with van der Waals surface area (Å²) in [5, 5.41) is 6.48. The third-order valence-electron chi connectivity index (χ3n) is 7.68. The molecule has 0 saturated heterocycles. The molecule has 2 aliphatic carbocycles. The number of hydrogen-bond donors (Lipinski definition) is 2. The molecule has 2 bridgehead atoms. The van der Waals surface area contributed by atoms with Gasteiger partial charge in [-0.05, 0) is 67.7 Å². The van der Waals surface area contributed by atoms with Crippen LogP contribution in [-0.2, 0) is 11.3 Å². The molecule has 2 unspecified atom stereocenters. The fourth-order valence-corrected chi connectivity index (χ4v) is 6.65. The van der Waals surface area contributed by atoms with Gasteiger partial charge in [0.1, 0.15) is 11.4 Å². The quantitative estimate of drug-likeness (QED) is 0.479. The molecule has 35 heavy (non-hydrogen) atoms. The molecule has 3 aromatic rings. The summed E-state index contributed by atoms with van der Waals surface area (Å²) in [6.07, 6.45) is 6.00. The van der Waals surface area contributed by atoms with Gasteiger partial charge in [-0.25, -0.2) is 4.98 Å². The molecule has 5 rings (SSSR count). The van der Waals surface area contributed by atoms with Crippen LogP contribution in [0.1, 0.15) is 61.5 Å². The second-order valence-electron chi connectivity index (χ2n) is 9.91. The number of hydrogen-bond acceptors (Lipinski definition) is 5. The lowest BCUT2D eigenvalue weighted by molar-refractivity contribution is -0.128. The normalized spacial score (nSPS) is 23.7. The average molecular weight is 495 g/mol. The van der Waals surface area contributed by atoms with E-state index in [2.05, 4.69) is 22.5 Å². The van der Waals surface area contributed by atoms with Crippen LogP contribution in [0.25, 0.3) is 10.3 Å². The minimum Gasteiger partial charge on any atom is -0.497 e. The Labute approximate surface area is 210 Å². The largest absolute Gasteiger partial charge is 0.497 e. The average Bonchev–Trinajstić information content (AvgIpc) is 3.45. The molecule has 7 nitrogen and oxygen atoms in total. The lowest BCUT2D eigenvalue weighted by Gasteiger charge is -2.45. The highest BCUT2D eigenvalue weighted by atomic mass is 32.1. The Morgan fingerprint density at radius 2 is 1.91 bits per heavy atom. The standard InChI is InChI=1S/C27H34N4O3S/c1-3-11-28-26(32)20-12-18-5-4-6-19(13-20)24(18)30-27(33)22-14-23-25(29-16-35-23)31(22)15-17-7-9-21(34-2)10-8-17/h7-10,14,16,18-20,24H,3-6,11-13,15H2,1-2H3,(H,28,32)(H,30,33). The van der Waals surface area contributed by atoms with Gasteiger partial charge in [-0.2, -0.15) is 0 Å². The van der Waals surface area contributed by atoms with Gasteiger partial charge in [-0.15, -0.1) is 11.3 Å². The zero-order valence-electron chi connectivity index (χ0n) is 20.5. The summed E-state index contributed by atoms with van der Waals surface area (Å²) in [4.78, 5) is 30.8. The highest BCUT2D eigenvalue weighted by Gasteiger charge is 2.43. The van der Waals surface area contributed by atoms with Crippen LogP contribution in [0.3, 0.4) is 0 Å². The molecular weight excluding hydrogens is 460 g/mol. The van der Waals surface area contributed by atoms with E-state index in [1.165, 1.54) is 6.42 Å². The van der Waals surface area contributed by atoms with Gasteiger partial charge in [0.2, 0.25) is 5.91 Å². The number of ether oxygens (including phenoxy) is 1. The van der Waals surface area contributed by atoms with E-state index in [0.717, 1.165) is 60.3 Å². The topological polar surface area (TPSA) is 85.3 Å². The van der Waals surface area contributed by atoms with Gasteiger partial charge >= 0.3 is 0 Å². The van der Waals surface area contributed by atoms with Crippen molar-refractivity contribution in [1.29, 1.82) is 0 Å². The van der Waals surface area contributed by atoms with Crippen LogP contribution in [0.15, 0.2) is 35.8 Å². The van der Waals surface area contributed by atoms with Crippen LogP contribution < -0.4 is 15.4 Å². The van der Waals surface area contributed by atoms with Gasteiger partial charge in [-0.3, -0.25) is 9.59 Å². The van der Waals surface area contributed by atoms with Crippen molar-refractivity contribution in [2.24, 2.45) is 17.8 Å². The Morgan fingerprint density at radius 3 is 2.60 bits per heavy atom. The number of carbonyl (C=O) groups is 2. The summed E-state index contributed by atoms with van der Waals surface area (Å²) in [5.41, 5.74) is 4.40. The molecule has 1 aromatic carbocycles. The number of fused-ring (bicyclic) bond motifs is 3. The van der Waals surface area contributed by atoms with Crippen LogP contribution in [0.4, 0.5) is 0 Å². The Morgan fingerprint density at radius 1 is 1.17 bits per heavy atom.